The Kier molecular flexibility index (Phi) is 5.71. The molecule has 158 valence electrons. The van der Waals surface area contributed by atoms with Crippen molar-refractivity contribution in [1.29, 1.82) is 0 Å². The Morgan fingerprint density at radius 3 is 2.52 bits per heavy atom. The maximum absolute atomic E-state index is 12.8. The second-order valence-corrected chi connectivity index (χ2v) is 10.9. The Bertz CT molecular complexity index is 922. The van der Waals surface area contributed by atoms with Crippen LogP contribution >= 0.6 is 11.3 Å². The molecule has 1 saturated carbocycles. The van der Waals surface area contributed by atoms with Crippen LogP contribution in [0.2, 0.25) is 0 Å². The molecule has 0 spiro atoms. The highest BCUT2D eigenvalue weighted by Crippen LogP contribution is 2.32. The fraction of sp³-hybridized carbons (Fsp3) is 0.667. The molecule has 0 radical (unpaired) electrons. The van der Waals surface area contributed by atoms with E-state index in [1.807, 2.05) is 0 Å². The fourth-order valence-electron chi connectivity index (χ4n) is 3.73. The van der Waals surface area contributed by atoms with Gasteiger partial charge in [-0.2, -0.15) is 4.31 Å². The average molecular weight is 441 g/mol. The minimum absolute atomic E-state index is 0.0114. The van der Waals surface area contributed by atoms with Crippen LogP contribution in [0.5, 0.6) is 0 Å². The first-order chi connectivity index (χ1) is 13.8. The largest absolute Gasteiger partial charge is 0.302 e. The molecule has 0 aromatic carbocycles. The van der Waals surface area contributed by atoms with Gasteiger partial charge in [0.15, 0.2) is 5.13 Å². The van der Waals surface area contributed by atoms with E-state index >= 15 is 0 Å². The molecule has 29 heavy (non-hydrogen) atoms. The van der Waals surface area contributed by atoms with Crippen molar-refractivity contribution in [3.63, 3.8) is 0 Å². The minimum Gasteiger partial charge on any atom is -0.302 e. The Morgan fingerprint density at radius 2 is 1.86 bits per heavy atom. The van der Waals surface area contributed by atoms with Gasteiger partial charge in [0.1, 0.15) is 0 Å². The number of nitrogens with zero attached hydrogens (tertiary/aromatic N) is 3. The third-order valence-electron chi connectivity index (χ3n) is 5.75. The number of thiazole rings is 1. The monoisotopic (exact) mass is 440 g/mol. The van der Waals surface area contributed by atoms with Gasteiger partial charge in [0.05, 0.1) is 11.4 Å². The number of carbonyl (C=O) groups is 3. The molecule has 9 nitrogen and oxygen atoms in total. The van der Waals surface area contributed by atoms with Crippen molar-refractivity contribution in [3.05, 3.63) is 10.6 Å². The second-order valence-electron chi connectivity index (χ2n) is 7.70. The molecule has 2 fully saturated rings. The molecule has 3 heterocycles. The lowest BCUT2D eigenvalue weighted by Gasteiger charge is -2.28. The summed E-state index contributed by atoms with van der Waals surface area (Å²) in [4.78, 5) is 42.2. The number of hydrogen-bond donors (Lipinski definition) is 1. The lowest BCUT2D eigenvalue weighted by molar-refractivity contribution is -0.147. The Hall–Kier alpha value is -1.85. The summed E-state index contributed by atoms with van der Waals surface area (Å²) in [5, 5.41) is 3.38. The predicted molar refractivity (Wildman–Crippen MR) is 107 cm³/mol. The molecule has 3 aliphatic rings. The van der Waals surface area contributed by atoms with Crippen molar-refractivity contribution in [1.82, 2.24) is 14.2 Å². The molecule has 1 aromatic rings. The SMILES string of the molecule is O=C(Nc1nc2c(s1)CN(S(=O)(=O)CCN1C(=O)CCCC1=O)CC2)C1CCC1. The van der Waals surface area contributed by atoms with Crippen molar-refractivity contribution >= 4 is 44.2 Å². The maximum atomic E-state index is 12.8. The standard InChI is InChI=1S/C18H24N4O5S2/c23-15-5-2-6-16(24)22(15)9-10-29(26,27)21-8-7-13-14(11-21)28-18(19-13)20-17(25)12-3-1-4-12/h12H,1-11H2,(H,19,20,25). The topological polar surface area (TPSA) is 117 Å². The third-order valence-corrected chi connectivity index (χ3v) is 8.55. The summed E-state index contributed by atoms with van der Waals surface area (Å²) < 4.78 is 26.9. The molecule has 1 N–H and O–H groups in total. The number of likely N-dealkylation sites (tertiary alicyclic amines) is 1. The molecular formula is C18H24N4O5S2. The van der Waals surface area contributed by atoms with E-state index in [1.165, 1.54) is 15.6 Å². The number of fused-ring (bicyclic) bond motifs is 1. The first-order valence-electron chi connectivity index (χ1n) is 9.94. The predicted octanol–water partition coefficient (Wildman–Crippen LogP) is 1.11. The van der Waals surface area contributed by atoms with Gasteiger partial charge in [0.25, 0.3) is 0 Å². The van der Waals surface area contributed by atoms with Gasteiger partial charge in [-0.15, -0.1) is 11.3 Å². The minimum atomic E-state index is -3.62. The Balaban J connectivity index is 1.37. The first kappa shape index (κ1) is 20.4. The van der Waals surface area contributed by atoms with Gasteiger partial charge in [0, 0.05) is 49.7 Å². The van der Waals surface area contributed by atoms with E-state index in [1.54, 1.807) is 0 Å². The van der Waals surface area contributed by atoms with Crippen LogP contribution in [0.4, 0.5) is 5.13 Å². The number of hydrogen-bond acceptors (Lipinski definition) is 7. The van der Waals surface area contributed by atoms with Crippen LogP contribution < -0.4 is 5.32 Å². The van der Waals surface area contributed by atoms with E-state index in [9.17, 15) is 22.8 Å². The molecule has 0 bridgehead atoms. The van der Waals surface area contributed by atoms with Crippen LogP contribution in [0.15, 0.2) is 0 Å². The van der Waals surface area contributed by atoms with Crippen molar-refractivity contribution in [2.75, 3.05) is 24.2 Å². The Morgan fingerprint density at radius 1 is 1.14 bits per heavy atom. The lowest BCUT2D eigenvalue weighted by atomic mass is 9.85. The van der Waals surface area contributed by atoms with E-state index in [0.29, 0.717) is 24.5 Å². The van der Waals surface area contributed by atoms with E-state index in [-0.39, 0.29) is 55.3 Å². The number of sulfonamides is 1. The number of carbonyl (C=O) groups excluding carboxylic acids is 3. The zero-order chi connectivity index (χ0) is 20.6. The van der Waals surface area contributed by atoms with Gasteiger partial charge in [0.2, 0.25) is 27.7 Å². The van der Waals surface area contributed by atoms with Crippen LogP contribution in [0.25, 0.3) is 0 Å². The van der Waals surface area contributed by atoms with Crippen molar-refractivity contribution in [2.24, 2.45) is 5.92 Å². The summed E-state index contributed by atoms with van der Waals surface area (Å²) in [6.45, 7) is 0.405. The lowest BCUT2D eigenvalue weighted by Crippen LogP contribution is -2.45. The maximum Gasteiger partial charge on any atom is 0.229 e. The zero-order valence-corrected chi connectivity index (χ0v) is 17.7. The number of aromatic nitrogens is 1. The average Bonchev–Trinajstić information content (AvgIpc) is 3.00. The van der Waals surface area contributed by atoms with E-state index in [4.69, 9.17) is 0 Å². The van der Waals surface area contributed by atoms with Gasteiger partial charge < -0.3 is 5.32 Å². The number of nitrogens with one attached hydrogen (secondary N) is 1. The smallest absolute Gasteiger partial charge is 0.229 e. The van der Waals surface area contributed by atoms with Crippen LogP contribution in [-0.2, 0) is 37.4 Å². The number of imide groups is 1. The van der Waals surface area contributed by atoms with E-state index in [2.05, 4.69) is 10.3 Å². The number of piperidine rings is 1. The summed E-state index contributed by atoms with van der Waals surface area (Å²) in [5.74, 6) is -0.821. The van der Waals surface area contributed by atoms with E-state index < -0.39 is 10.0 Å². The molecule has 1 aliphatic carbocycles. The normalized spacial score (nSPS) is 21.0. The fourth-order valence-corrected chi connectivity index (χ4v) is 6.20. The summed E-state index contributed by atoms with van der Waals surface area (Å²) in [7, 11) is -3.62. The molecular weight excluding hydrogens is 416 g/mol. The molecule has 1 aromatic heterocycles. The van der Waals surface area contributed by atoms with Crippen LogP contribution in [-0.4, -0.2) is 59.2 Å². The van der Waals surface area contributed by atoms with Crippen LogP contribution in [0.3, 0.4) is 0 Å². The van der Waals surface area contributed by atoms with Gasteiger partial charge in [-0.1, -0.05) is 6.42 Å². The van der Waals surface area contributed by atoms with Gasteiger partial charge in [-0.05, 0) is 19.3 Å². The van der Waals surface area contributed by atoms with Crippen molar-refractivity contribution in [2.45, 2.75) is 51.5 Å². The van der Waals surface area contributed by atoms with E-state index in [0.717, 1.165) is 34.7 Å². The number of anilines is 1. The van der Waals surface area contributed by atoms with Gasteiger partial charge in [-0.3, -0.25) is 19.3 Å². The number of rotatable bonds is 6. The zero-order valence-electron chi connectivity index (χ0n) is 16.1. The highest BCUT2D eigenvalue weighted by Gasteiger charge is 2.33. The first-order valence-corrected chi connectivity index (χ1v) is 12.4. The molecule has 0 unspecified atom stereocenters. The van der Waals surface area contributed by atoms with Crippen molar-refractivity contribution < 1.29 is 22.8 Å². The summed E-state index contributed by atoms with van der Waals surface area (Å²) in [5.41, 5.74) is 0.826. The molecule has 0 atom stereocenters. The molecule has 4 rings (SSSR count). The molecule has 2 aliphatic heterocycles. The second kappa shape index (κ2) is 8.11. The Labute approximate surface area is 173 Å². The summed E-state index contributed by atoms with van der Waals surface area (Å²) in [6, 6.07) is 0. The quantitative estimate of drug-likeness (QED) is 0.663. The van der Waals surface area contributed by atoms with Crippen molar-refractivity contribution in [3.8, 4) is 0 Å². The van der Waals surface area contributed by atoms with Crippen LogP contribution in [0.1, 0.15) is 49.1 Å². The summed E-state index contributed by atoms with van der Waals surface area (Å²) >= 11 is 1.31. The molecule has 11 heteroatoms. The van der Waals surface area contributed by atoms with Gasteiger partial charge in [-0.25, -0.2) is 13.4 Å². The van der Waals surface area contributed by atoms with Gasteiger partial charge >= 0.3 is 0 Å². The highest BCUT2D eigenvalue weighted by atomic mass is 32.2. The molecule has 3 amide bonds. The summed E-state index contributed by atoms with van der Waals surface area (Å²) in [6.07, 6.45) is 4.47. The number of amides is 3. The third kappa shape index (κ3) is 4.36. The van der Waals surface area contributed by atoms with Crippen LogP contribution in [0, 0.1) is 5.92 Å². The highest BCUT2D eigenvalue weighted by molar-refractivity contribution is 7.89. The molecule has 1 saturated heterocycles.